The van der Waals surface area contributed by atoms with Crippen LogP contribution in [-0.4, -0.2) is 16.6 Å². The van der Waals surface area contributed by atoms with Crippen LogP contribution in [-0.2, 0) is 12.8 Å². The molecule has 0 saturated heterocycles. The van der Waals surface area contributed by atoms with E-state index in [2.05, 4.69) is 64.0 Å². The first-order valence-electron chi connectivity index (χ1n) is 8.82. The Hall–Kier alpha value is -0.890. The molecular weight excluding hydrogens is 268 g/mol. The largest absolute Gasteiger partial charge is 0.309 e. The maximum atomic E-state index is 4.58. The zero-order valence-corrected chi connectivity index (χ0v) is 15.4. The normalized spacial score (nSPS) is 22.5. The van der Waals surface area contributed by atoms with Crippen LogP contribution >= 0.6 is 0 Å². The Bertz CT molecular complexity index is 473. The lowest BCUT2D eigenvalue weighted by atomic mass is 9.76. The van der Waals surface area contributed by atoms with E-state index in [9.17, 15) is 0 Å². The number of rotatable bonds is 5. The molecule has 0 aromatic carbocycles. The van der Waals surface area contributed by atoms with Crippen LogP contribution in [0.1, 0.15) is 72.1 Å². The minimum atomic E-state index is 0.237. The molecule has 0 aliphatic heterocycles. The molecule has 0 unspecified atom stereocenters. The van der Waals surface area contributed by atoms with E-state index in [-0.39, 0.29) is 5.54 Å². The lowest BCUT2D eigenvalue weighted by molar-refractivity contribution is 0.184. The van der Waals surface area contributed by atoms with E-state index < -0.39 is 0 Å². The molecule has 1 aliphatic rings. The quantitative estimate of drug-likeness (QED) is 0.847. The summed E-state index contributed by atoms with van der Waals surface area (Å²) in [5.74, 6) is 0.810. The minimum absolute atomic E-state index is 0.237. The van der Waals surface area contributed by atoms with Crippen molar-refractivity contribution in [3.8, 4) is 0 Å². The zero-order valence-electron chi connectivity index (χ0n) is 15.4. The average Bonchev–Trinajstić information content (AvgIpc) is 2.32. The molecule has 1 N–H and O–H groups in total. The van der Waals surface area contributed by atoms with Gasteiger partial charge in [0.05, 0.1) is 0 Å². The molecule has 2 heteroatoms. The lowest BCUT2D eigenvalue weighted by Crippen LogP contribution is -2.50. The molecule has 0 spiro atoms. The van der Waals surface area contributed by atoms with Crippen molar-refractivity contribution in [3.63, 3.8) is 0 Å². The Morgan fingerprint density at radius 3 is 2.41 bits per heavy atom. The Morgan fingerprint density at radius 1 is 1.14 bits per heavy atom. The van der Waals surface area contributed by atoms with Crippen molar-refractivity contribution in [2.45, 2.75) is 85.2 Å². The summed E-state index contributed by atoms with van der Waals surface area (Å²) in [6, 6.07) is 5.21. The van der Waals surface area contributed by atoms with Crippen LogP contribution in [0.3, 0.4) is 0 Å². The predicted octanol–water partition coefficient (Wildman–Crippen LogP) is 4.77. The van der Waals surface area contributed by atoms with Crippen LogP contribution in [0.2, 0.25) is 0 Å². The number of aryl methyl sites for hydroxylation is 1. The molecule has 0 radical (unpaired) electrons. The highest BCUT2D eigenvalue weighted by Gasteiger charge is 2.31. The van der Waals surface area contributed by atoms with Gasteiger partial charge < -0.3 is 5.32 Å². The van der Waals surface area contributed by atoms with E-state index in [4.69, 9.17) is 0 Å². The van der Waals surface area contributed by atoms with E-state index >= 15 is 0 Å². The summed E-state index contributed by atoms with van der Waals surface area (Å²) in [6.45, 7) is 13.7. The first-order chi connectivity index (χ1) is 10.1. The van der Waals surface area contributed by atoms with Crippen molar-refractivity contribution in [1.29, 1.82) is 0 Å². The number of hydrogen-bond donors (Lipinski definition) is 1. The molecule has 1 aromatic rings. The summed E-state index contributed by atoms with van der Waals surface area (Å²) in [5, 5.41) is 3.70. The first-order valence-corrected chi connectivity index (χ1v) is 8.82. The fourth-order valence-corrected chi connectivity index (χ4v) is 3.24. The summed E-state index contributed by atoms with van der Waals surface area (Å²) in [7, 11) is 0. The fraction of sp³-hybridized carbons (Fsp3) is 0.750. The van der Waals surface area contributed by atoms with Crippen molar-refractivity contribution in [1.82, 2.24) is 10.3 Å². The molecule has 2 rings (SSSR count). The van der Waals surface area contributed by atoms with Crippen LogP contribution in [0.25, 0.3) is 0 Å². The van der Waals surface area contributed by atoms with Gasteiger partial charge in [-0.25, -0.2) is 0 Å². The minimum Gasteiger partial charge on any atom is -0.309 e. The number of hydrogen-bond acceptors (Lipinski definition) is 2. The zero-order chi connectivity index (χ0) is 16.4. The van der Waals surface area contributed by atoms with Crippen molar-refractivity contribution in [3.05, 3.63) is 29.6 Å². The molecule has 22 heavy (non-hydrogen) atoms. The van der Waals surface area contributed by atoms with Gasteiger partial charge in [0.2, 0.25) is 0 Å². The van der Waals surface area contributed by atoms with Gasteiger partial charge in [-0.2, -0.15) is 0 Å². The molecule has 1 aliphatic carbocycles. The SMILES string of the molecule is CC(C)(C)CCc1ccnc(CC2CC(NC(C)(C)C)C2)c1. The third-order valence-corrected chi connectivity index (χ3v) is 4.42. The maximum Gasteiger partial charge on any atom is 0.0409 e. The molecular formula is C20H34N2. The number of nitrogens with one attached hydrogen (secondary N) is 1. The van der Waals surface area contributed by atoms with Crippen molar-refractivity contribution in [2.75, 3.05) is 0 Å². The summed E-state index contributed by atoms with van der Waals surface area (Å²) < 4.78 is 0. The van der Waals surface area contributed by atoms with E-state index in [1.54, 1.807) is 0 Å². The predicted molar refractivity (Wildman–Crippen MR) is 95.1 cm³/mol. The molecule has 1 aromatic heterocycles. The monoisotopic (exact) mass is 302 g/mol. The molecule has 1 fully saturated rings. The Morgan fingerprint density at radius 2 is 1.82 bits per heavy atom. The number of aromatic nitrogens is 1. The lowest BCUT2D eigenvalue weighted by Gasteiger charge is -2.40. The summed E-state index contributed by atoms with van der Waals surface area (Å²) in [5.41, 5.74) is 3.37. The maximum absolute atomic E-state index is 4.58. The summed E-state index contributed by atoms with van der Waals surface area (Å²) in [6.07, 6.45) is 8.13. The van der Waals surface area contributed by atoms with Gasteiger partial charge in [0, 0.05) is 23.5 Å². The third kappa shape index (κ3) is 6.08. The van der Waals surface area contributed by atoms with Gasteiger partial charge in [-0.15, -0.1) is 0 Å². The second-order valence-electron chi connectivity index (χ2n) is 9.35. The van der Waals surface area contributed by atoms with Crippen LogP contribution in [0.4, 0.5) is 0 Å². The third-order valence-electron chi connectivity index (χ3n) is 4.42. The van der Waals surface area contributed by atoms with Crippen LogP contribution < -0.4 is 5.32 Å². The van der Waals surface area contributed by atoms with E-state index in [1.807, 2.05) is 6.20 Å². The Kier molecular flexibility index (Phi) is 5.32. The molecule has 1 heterocycles. The van der Waals surface area contributed by atoms with Gasteiger partial charge in [-0.1, -0.05) is 20.8 Å². The highest BCUT2D eigenvalue weighted by atomic mass is 15.0. The fourth-order valence-electron chi connectivity index (χ4n) is 3.24. The topological polar surface area (TPSA) is 24.9 Å². The van der Waals surface area contributed by atoms with E-state index in [1.165, 1.54) is 30.5 Å². The van der Waals surface area contributed by atoms with Crippen LogP contribution in [0, 0.1) is 11.3 Å². The second kappa shape index (κ2) is 6.70. The first kappa shape index (κ1) is 17.5. The summed E-state index contributed by atoms with van der Waals surface area (Å²) >= 11 is 0. The number of nitrogens with zero attached hydrogens (tertiary/aromatic N) is 1. The van der Waals surface area contributed by atoms with E-state index in [0.29, 0.717) is 11.5 Å². The van der Waals surface area contributed by atoms with Gasteiger partial charge in [0.1, 0.15) is 0 Å². The Balaban J connectivity index is 1.80. The second-order valence-corrected chi connectivity index (χ2v) is 9.35. The highest BCUT2D eigenvalue weighted by molar-refractivity contribution is 5.17. The van der Waals surface area contributed by atoms with Gasteiger partial charge in [-0.3, -0.25) is 4.98 Å². The number of pyridine rings is 1. The van der Waals surface area contributed by atoms with Gasteiger partial charge in [0.25, 0.3) is 0 Å². The molecule has 0 amide bonds. The summed E-state index contributed by atoms with van der Waals surface area (Å²) in [4.78, 5) is 4.58. The van der Waals surface area contributed by atoms with Gasteiger partial charge in [-0.05, 0) is 81.9 Å². The molecule has 2 nitrogen and oxygen atoms in total. The van der Waals surface area contributed by atoms with Gasteiger partial charge in [0.15, 0.2) is 0 Å². The van der Waals surface area contributed by atoms with Crippen LogP contribution in [0.15, 0.2) is 18.3 Å². The standard InChI is InChI=1S/C20H34N2/c1-19(2,3)9-7-15-8-10-21-17(11-15)12-16-13-18(14-16)22-20(4,5)6/h8,10-11,16,18,22H,7,9,12-14H2,1-6H3. The Labute approximate surface area is 137 Å². The molecule has 1 saturated carbocycles. The highest BCUT2D eigenvalue weighted by Crippen LogP contribution is 2.31. The smallest absolute Gasteiger partial charge is 0.0409 e. The molecule has 0 atom stereocenters. The van der Waals surface area contributed by atoms with Crippen molar-refractivity contribution in [2.24, 2.45) is 11.3 Å². The van der Waals surface area contributed by atoms with Crippen molar-refractivity contribution < 1.29 is 0 Å². The van der Waals surface area contributed by atoms with Crippen LogP contribution in [0.5, 0.6) is 0 Å². The van der Waals surface area contributed by atoms with Crippen molar-refractivity contribution >= 4 is 0 Å². The molecule has 124 valence electrons. The van der Waals surface area contributed by atoms with E-state index in [0.717, 1.165) is 18.8 Å². The molecule has 0 bridgehead atoms. The van der Waals surface area contributed by atoms with Gasteiger partial charge >= 0.3 is 0 Å². The average molecular weight is 303 g/mol.